The fourth-order valence-electron chi connectivity index (χ4n) is 3.72. The Morgan fingerprint density at radius 1 is 1.28 bits per heavy atom. The normalized spacial score (nSPS) is 21.3. The van der Waals surface area contributed by atoms with Crippen molar-refractivity contribution >= 4 is 17.6 Å². The molecule has 5 nitrogen and oxygen atoms in total. The Balaban J connectivity index is 1.67. The Kier molecular flexibility index (Phi) is 6.96. The number of nitrogens with zero attached hydrogens (tertiary/aromatic N) is 2. The number of morpholine rings is 1. The molecule has 0 aromatic heterocycles. The van der Waals surface area contributed by atoms with E-state index in [4.69, 9.17) is 16.3 Å². The predicted molar refractivity (Wildman–Crippen MR) is 103 cm³/mol. The number of hydrogen-bond donors (Lipinski definition) is 2. The van der Waals surface area contributed by atoms with Crippen LogP contribution in [0.25, 0.3) is 0 Å². The minimum Gasteiger partial charge on any atom is -0.379 e. The lowest BCUT2D eigenvalue weighted by Crippen LogP contribution is -2.48. The highest BCUT2D eigenvalue weighted by molar-refractivity contribution is 6.31. The SMILES string of the molecule is CN=C(NCC(c1ccccc1Cl)N1CCOCC1)NC1CCCC1. The zero-order chi connectivity index (χ0) is 17.5. The van der Waals surface area contributed by atoms with Crippen LogP contribution in [0, 0.1) is 0 Å². The first-order valence-corrected chi connectivity index (χ1v) is 9.69. The quantitative estimate of drug-likeness (QED) is 0.623. The Labute approximate surface area is 155 Å². The molecule has 0 radical (unpaired) electrons. The molecule has 2 aliphatic rings. The Hall–Kier alpha value is -1.30. The number of ether oxygens (including phenoxy) is 1. The first-order valence-electron chi connectivity index (χ1n) is 9.31. The molecule has 1 aliphatic heterocycles. The summed E-state index contributed by atoms with van der Waals surface area (Å²) in [6, 6.07) is 8.89. The molecule has 1 aliphatic carbocycles. The van der Waals surface area contributed by atoms with Gasteiger partial charge in [0.15, 0.2) is 5.96 Å². The summed E-state index contributed by atoms with van der Waals surface area (Å²) >= 11 is 6.49. The van der Waals surface area contributed by atoms with E-state index in [-0.39, 0.29) is 6.04 Å². The summed E-state index contributed by atoms with van der Waals surface area (Å²) in [6.45, 7) is 4.17. The van der Waals surface area contributed by atoms with Crippen molar-refractivity contribution < 1.29 is 4.74 Å². The van der Waals surface area contributed by atoms with Crippen molar-refractivity contribution in [2.45, 2.75) is 37.8 Å². The summed E-state index contributed by atoms with van der Waals surface area (Å²) in [5.41, 5.74) is 1.16. The Bertz CT molecular complexity index is 568. The van der Waals surface area contributed by atoms with Gasteiger partial charge in [-0.1, -0.05) is 42.6 Å². The monoisotopic (exact) mass is 364 g/mol. The molecule has 1 unspecified atom stereocenters. The number of rotatable bonds is 5. The van der Waals surface area contributed by atoms with Crippen molar-refractivity contribution in [2.75, 3.05) is 39.9 Å². The van der Waals surface area contributed by atoms with Gasteiger partial charge in [0.2, 0.25) is 0 Å². The summed E-state index contributed by atoms with van der Waals surface area (Å²) in [5.74, 6) is 0.886. The Morgan fingerprint density at radius 2 is 2.00 bits per heavy atom. The van der Waals surface area contributed by atoms with Gasteiger partial charge in [-0.2, -0.15) is 0 Å². The van der Waals surface area contributed by atoms with E-state index in [1.807, 2.05) is 19.2 Å². The number of halogens is 1. The minimum atomic E-state index is 0.208. The van der Waals surface area contributed by atoms with Gasteiger partial charge in [-0.05, 0) is 24.5 Å². The van der Waals surface area contributed by atoms with Gasteiger partial charge in [-0.15, -0.1) is 0 Å². The molecule has 1 aromatic carbocycles. The summed E-state index contributed by atoms with van der Waals surface area (Å²) in [6.07, 6.45) is 5.09. The van der Waals surface area contributed by atoms with Crippen LogP contribution in [0.15, 0.2) is 29.3 Å². The van der Waals surface area contributed by atoms with E-state index in [1.54, 1.807) is 0 Å². The number of guanidine groups is 1. The molecular weight excluding hydrogens is 336 g/mol. The van der Waals surface area contributed by atoms with E-state index < -0.39 is 0 Å². The largest absolute Gasteiger partial charge is 0.379 e. The lowest BCUT2D eigenvalue weighted by molar-refractivity contribution is 0.0170. The van der Waals surface area contributed by atoms with E-state index in [0.717, 1.165) is 49.4 Å². The van der Waals surface area contributed by atoms with Gasteiger partial charge in [-0.3, -0.25) is 9.89 Å². The highest BCUT2D eigenvalue weighted by atomic mass is 35.5. The standard InChI is InChI=1S/C19H29ClN4O/c1-21-19(23-15-6-2-3-7-15)22-14-18(24-10-12-25-13-11-24)16-8-4-5-9-17(16)20/h4-5,8-9,15,18H,2-3,6-7,10-14H2,1H3,(H2,21,22,23). The Morgan fingerprint density at radius 3 is 2.68 bits per heavy atom. The molecule has 1 heterocycles. The van der Waals surface area contributed by atoms with Gasteiger partial charge in [0.05, 0.1) is 19.3 Å². The maximum Gasteiger partial charge on any atom is 0.191 e. The van der Waals surface area contributed by atoms with Gasteiger partial charge in [0.25, 0.3) is 0 Å². The second-order valence-corrected chi connectivity index (χ2v) is 7.17. The minimum absolute atomic E-state index is 0.208. The molecule has 3 rings (SSSR count). The predicted octanol–water partition coefficient (Wildman–Crippen LogP) is 2.82. The number of aliphatic imine (C=N–C) groups is 1. The fraction of sp³-hybridized carbons (Fsp3) is 0.632. The summed E-state index contributed by atoms with van der Waals surface area (Å²) in [5, 5.41) is 7.89. The second-order valence-electron chi connectivity index (χ2n) is 6.76. The zero-order valence-electron chi connectivity index (χ0n) is 15.0. The molecular formula is C19H29ClN4O. The van der Waals surface area contributed by atoms with E-state index in [9.17, 15) is 0 Å². The summed E-state index contributed by atoms with van der Waals surface area (Å²) in [4.78, 5) is 6.85. The van der Waals surface area contributed by atoms with Gasteiger partial charge in [-0.25, -0.2) is 0 Å². The van der Waals surface area contributed by atoms with Crippen LogP contribution in [0.3, 0.4) is 0 Å². The molecule has 1 atom stereocenters. The average molecular weight is 365 g/mol. The van der Waals surface area contributed by atoms with Gasteiger partial charge >= 0.3 is 0 Å². The molecule has 0 bridgehead atoms. The van der Waals surface area contributed by atoms with Crippen molar-refractivity contribution in [1.29, 1.82) is 0 Å². The van der Waals surface area contributed by atoms with Gasteiger partial charge in [0, 0.05) is 37.7 Å². The highest BCUT2D eigenvalue weighted by Crippen LogP contribution is 2.27. The molecule has 0 spiro atoms. The zero-order valence-corrected chi connectivity index (χ0v) is 15.8. The van der Waals surface area contributed by atoms with Crippen LogP contribution >= 0.6 is 11.6 Å². The van der Waals surface area contributed by atoms with Crippen LogP contribution in [-0.4, -0.2) is 56.8 Å². The number of hydrogen-bond acceptors (Lipinski definition) is 3. The van der Waals surface area contributed by atoms with E-state index >= 15 is 0 Å². The van der Waals surface area contributed by atoms with Crippen molar-refractivity contribution in [3.05, 3.63) is 34.9 Å². The molecule has 138 valence electrons. The number of benzene rings is 1. The maximum atomic E-state index is 6.49. The lowest BCUT2D eigenvalue weighted by atomic mass is 10.0. The molecule has 1 saturated heterocycles. The molecule has 6 heteroatoms. The molecule has 1 saturated carbocycles. The summed E-state index contributed by atoms with van der Waals surface area (Å²) in [7, 11) is 1.84. The first kappa shape index (κ1) is 18.5. The molecule has 1 aromatic rings. The van der Waals surface area contributed by atoms with Gasteiger partial charge in [0.1, 0.15) is 0 Å². The number of nitrogens with one attached hydrogen (secondary N) is 2. The molecule has 2 fully saturated rings. The van der Waals surface area contributed by atoms with Crippen LogP contribution in [0.2, 0.25) is 5.02 Å². The van der Waals surface area contributed by atoms with Crippen LogP contribution < -0.4 is 10.6 Å². The molecule has 25 heavy (non-hydrogen) atoms. The first-order chi connectivity index (χ1) is 12.3. The van der Waals surface area contributed by atoms with E-state index in [0.29, 0.717) is 6.04 Å². The highest BCUT2D eigenvalue weighted by Gasteiger charge is 2.25. The van der Waals surface area contributed by atoms with Crippen LogP contribution in [0.1, 0.15) is 37.3 Å². The van der Waals surface area contributed by atoms with Crippen molar-refractivity contribution in [2.24, 2.45) is 4.99 Å². The van der Waals surface area contributed by atoms with Crippen molar-refractivity contribution in [1.82, 2.24) is 15.5 Å². The average Bonchev–Trinajstić information content (AvgIpc) is 3.16. The summed E-state index contributed by atoms with van der Waals surface area (Å²) < 4.78 is 5.52. The van der Waals surface area contributed by atoms with Crippen LogP contribution in [-0.2, 0) is 4.74 Å². The van der Waals surface area contributed by atoms with E-state index in [2.05, 4.69) is 32.7 Å². The van der Waals surface area contributed by atoms with E-state index in [1.165, 1.54) is 25.7 Å². The topological polar surface area (TPSA) is 48.9 Å². The third kappa shape index (κ3) is 5.09. The van der Waals surface area contributed by atoms with Crippen LogP contribution in [0.5, 0.6) is 0 Å². The fourth-order valence-corrected chi connectivity index (χ4v) is 3.98. The van der Waals surface area contributed by atoms with Crippen LogP contribution in [0.4, 0.5) is 0 Å². The lowest BCUT2D eigenvalue weighted by Gasteiger charge is -2.35. The molecule has 2 N–H and O–H groups in total. The molecule has 0 amide bonds. The smallest absolute Gasteiger partial charge is 0.191 e. The third-order valence-electron chi connectivity index (χ3n) is 5.13. The van der Waals surface area contributed by atoms with Crippen molar-refractivity contribution in [3.8, 4) is 0 Å². The second kappa shape index (κ2) is 9.41. The maximum absolute atomic E-state index is 6.49. The van der Waals surface area contributed by atoms with Gasteiger partial charge < -0.3 is 15.4 Å². The van der Waals surface area contributed by atoms with Crippen molar-refractivity contribution in [3.63, 3.8) is 0 Å². The third-order valence-corrected chi connectivity index (χ3v) is 5.48.